The van der Waals surface area contributed by atoms with E-state index in [1.807, 2.05) is 0 Å². The quantitative estimate of drug-likeness (QED) is 0.666. The maximum Gasteiger partial charge on any atom is 0.408 e. The molecule has 0 fully saturated rings. The Kier molecular flexibility index (Phi) is 5.52. The Labute approximate surface area is 123 Å². The number of carbonyl (C=O) groups is 1. The molecule has 0 aliphatic carbocycles. The minimum Gasteiger partial charge on any atom is -0.497 e. The highest BCUT2D eigenvalue weighted by molar-refractivity contribution is 5.68. The maximum absolute atomic E-state index is 11.8. The van der Waals surface area contributed by atoms with Crippen LogP contribution in [-0.2, 0) is 4.74 Å². The van der Waals surface area contributed by atoms with Crippen molar-refractivity contribution in [3.8, 4) is 5.75 Å². The monoisotopic (exact) mass is 296 g/mol. The van der Waals surface area contributed by atoms with Crippen molar-refractivity contribution in [3.63, 3.8) is 0 Å². The van der Waals surface area contributed by atoms with Crippen LogP contribution in [0.1, 0.15) is 32.4 Å². The van der Waals surface area contributed by atoms with Crippen LogP contribution >= 0.6 is 0 Å². The summed E-state index contributed by atoms with van der Waals surface area (Å²) in [6.45, 7) is 4.73. The smallest absolute Gasteiger partial charge is 0.408 e. The molecular formula is C14H20N2O5. The number of hydrogen-bond donors (Lipinski definition) is 1. The molecule has 7 heteroatoms. The van der Waals surface area contributed by atoms with Gasteiger partial charge in [-0.15, -0.1) is 0 Å². The Bertz CT molecular complexity index is 510. The molecule has 116 valence electrons. The summed E-state index contributed by atoms with van der Waals surface area (Å²) in [5, 5.41) is 13.3. The summed E-state index contributed by atoms with van der Waals surface area (Å²) in [6, 6.07) is 5.97. The van der Waals surface area contributed by atoms with E-state index in [2.05, 4.69) is 5.32 Å². The molecule has 1 aromatic carbocycles. The van der Waals surface area contributed by atoms with Crippen LogP contribution < -0.4 is 10.1 Å². The molecule has 1 amide bonds. The second-order valence-electron chi connectivity index (χ2n) is 5.49. The molecule has 0 aliphatic heterocycles. The molecule has 21 heavy (non-hydrogen) atoms. The van der Waals surface area contributed by atoms with Crippen molar-refractivity contribution in [2.45, 2.75) is 32.4 Å². The molecule has 0 saturated carbocycles. The van der Waals surface area contributed by atoms with Gasteiger partial charge in [-0.3, -0.25) is 10.1 Å². The molecule has 0 aliphatic rings. The van der Waals surface area contributed by atoms with E-state index in [4.69, 9.17) is 9.47 Å². The summed E-state index contributed by atoms with van der Waals surface area (Å²) in [5.74, 6) is 0.562. The first-order valence-electron chi connectivity index (χ1n) is 6.46. The molecule has 0 radical (unpaired) electrons. The van der Waals surface area contributed by atoms with E-state index in [0.717, 1.165) is 0 Å². The number of rotatable bonds is 5. The Morgan fingerprint density at radius 3 is 2.62 bits per heavy atom. The molecular weight excluding hydrogens is 276 g/mol. The fourth-order valence-corrected chi connectivity index (χ4v) is 1.69. The molecule has 1 N–H and O–H groups in total. The lowest BCUT2D eigenvalue weighted by molar-refractivity contribution is -0.484. The molecule has 1 unspecified atom stereocenters. The van der Waals surface area contributed by atoms with Crippen molar-refractivity contribution in [2.24, 2.45) is 0 Å². The lowest BCUT2D eigenvalue weighted by Crippen LogP contribution is -2.37. The minimum absolute atomic E-state index is 0.438. The summed E-state index contributed by atoms with van der Waals surface area (Å²) in [7, 11) is 1.50. The number of alkyl carbamates (subject to hydrolysis) is 1. The van der Waals surface area contributed by atoms with Crippen molar-refractivity contribution >= 4 is 6.09 Å². The summed E-state index contributed by atoms with van der Waals surface area (Å²) < 4.78 is 10.2. The largest absolute Gasteiger partial charge is 0.497 e. The van der Waals surface area contributed by atoms with Crippen molar-refractivity contribution in [2.75, 3.05) is 13.7 Å². The number of amides is 1. The number of ether oxygens (including phenoxy) is 2. The van der Waals surface area contributed by atoms with Crippen molar-refractivity contribution in [1.82, 2.24) is 5.32 Å². The molecule has 0 spiro atoms. The predicted octanol–water partition coefficient (Wildman–Crippen LogP) is 2.54. The van der Waals surface area contributed by atoms with E-state index in [9.17, 15) is 14.9 Å². The van der Waals surface area contributed by atoms with Crippen LogP contribution in [-0.4, -0.2) is 30.3 Å². The highest BCUT2D eigenvalue weighted by Gasteiger charge is 2.24. The highest BCUT2D eigenvalue weighted by Crippen LogP contribution is 2.20. The van der Waals surface area contributed by atoms with Gasteiger partial charge in [0.25, 0.3) is 0 Å². The Morgan fingerprint density at radius 1 is 1.43 bits per heavy atom. The van der Waals surface area contributed by atoms with Gasteiger partial charge in [0.05, 0.1) is 7.11 Å². The number of nitro groups is 1. The van der Waals surface area contributed by atoms with Gasteiger partial charge < -0.3 is 14.8 Å². The zero-order valence-corrected chi connectivity index (χ0v) is 12.6. The van der Waals surface area contributed by atoms with E-state index in [1.54, 1.807) is 45.0 Å². The van der Waals surface area contributed by atoms with Crippen molar-refractivity contribution < 1.29 is 19.2 Å². The van der Waals surface area contributed by atoms with Crippen LogP contribution in [0.25, 0.3) is 0 Å². The number of hydrogen-bond acceptors (Lipinski definition) is 5. The number of nitrogens with one attached hydrogen (secondary N) is 1. The van der Waals surface area contributed by atoms with Gasteiger partial charge in [-0.05, 0) is 38.5 Å². The first-order chi connectivity index (χ1) is 9.71. The van der Waals surface area contributed by atoms with Crippen LogP contribution in [0.3, 0.4) is 0 Å². The van der Waals surface area contributed by atoms with Gasteiger partial charge in [-0.1, -0.05) is 12.1 Å². The zero-order chi connectivity index (χ0) is 16.0. The van der Waals surface area contributed by atoms with E-state index in [-0.39, 0.29) is 0 Å². The zero-order valence-electron chi connectivity index (χ0n) is 12.6. The maximum atomic E-state index is 11.8. The van der Waals surface area contributed by atoms with Gasteiger partial charge in [0.2, 0.25) is 6.54 Å². The van der Waals surface area contributed by atoms with E-state index in [1.165, 1.54) is 7.11 Å². The summed E-state index contributed by atoms with van der Waals surface area (Å²) in [4.78, 5) is 22.1. The average molecular weight is 296 g/mol. The molecule has 0 saturated heterocycles. The molecule has 7 nitrogen and oxygen atoms in total. The molecule has 0 heterocycles. The number of carbonyl (C=O) groups excluding carboxylic acids is 1. The van der Waals surface area contributed by atoms with Gasteiger partial charge in [-0.2, -0.15) is 0 Å². The second kappa shape index (κ2) is 6.92. The number of nitrogens with zero attached hydrogens (tertiary/aromatic N) is 1. The number of benzene rings is 1. The number of methoxy groups -OCH3 is 1. The fraction of sp³-hybridized carbons (Fsp3) is 0.500. The van der Waals surface area contributed by atoms with E-state index >= 15 is 0 Å². The van der Waals surface area contributed by atoms with Gasteiger partial charge in [-0.25, -0.2) is 4.79 Å². The minimum atomic E-state index is -0.787. The molecule has 0 bridgehead atoms. The van der Waals surface area contributed by atoms with E-state index < -0.39 is 29.2 Å². The van der Waals surface area contributed by atoms with Crippen LogP contribution in [0.2, 0.25) is 0 Å². The second-order valence-corrected chi connectivity index (χ2v) is 5.49. The Balaban J connectivity index is 2.89. The summed E-state index contributed by atoms with van der Waals surface area (Å²) in [6.07, 6.45) is -0.697. The van der Waals surface area contributed by atoms with Crippen LogP contribution in [0, 0.1) is 10.1 Å². The van der Waals surface area contributed by atoms with Gasteiger partial charge in [0.15, 0.2) is 0 Å². The molecule has 1 aromatic rings. The van der Waals surface area contributed by atoms with Gasteiger partial charge >= 0.3 is 6.09 Å². The highest BCUT2D eigenvalue weighted by atomic mass is 16.6. The predicted molar refractivity (Wildman–Crippen MR) is 77.0 cm³/mol. The van der Waals surface area contributed by atoms with Crippen molar-refractivity contribution in [1.29, 1.82) is 0 Å². The SMILES string of the molecule is COc1cccc(C(C[N+](=O)[O-])NC(=O)OC(C)(C)C)c1. The molecule has 0 aromatic heterocycles. The lowest BCUT2D eigenvalue weighted by Gasteiger charge is -2.22. The average Bonchev–Trinajstić information content (AvgIpc) is 2.35. The standard InChI is InChI=1S/C14H20N2O5/c1-14(2,3)21-13(17)15-12(9-16(18)19)10-6-5-7-11(8-10)20-4/h5-8,12H,9H2,1-4H3,(H,15,17). The van der Waals surface area contributed by atoms with Crippen LogP contribution in [0.4, 0.5) is 4.79 Å². The van der Waals surface area contributed by atoms with Gasteiger partial charge in [0.1, 0.15) is 17.4 Å². The van der Waals surface area contributed by atoms with E-state index in [0.29, 0.717) is 11.3 Å². The molecule has 1 atom stereocenters. The lowest BCUT2D eigenvalue weighted by atomic mass is 10.1. The summed E-state index contributed by atoms with van der Waals surface area (Å²) >= 11 is 0. The third kappa shape index (κ3) is 6.11. The van der Waals surface area contributed by atoms with Crippen LogP contribution in [0.5, 0.6) is 5.75 Å². The molecule has 1 rings (SSSR count). The third-order valence-electron chi connectivity index (χ3n) is 2.52. The fourth-order valence-electron chi connectivity index (χ4n) is 1.69. The topological polar surface area (TPSA) is 90.7 Å². The Hall–Kier alpha value is -2.31. The first kappa shape index (κ1) is 16.7. The Morgan fingerprint density at radius 2 is 2.10 bits per heavy atom. The third-order valence-corrected chi connectivity index (χ3v) is 2.52. The summed E-state index contributed by atoms with van der Waals surface area (Å²) in [5.41, 5.74) is -0.0885. The van der Waals surface area contributed by atoms with Crippen LogP contribution in [0.15, 0.2) is 24.3 Å². The van der Waals surface area contributed by atoms with Gasteiger partial charge in [0, 0.05) is 4.92 Å². The van der Waals surface area contributed by atoms with Crippen molar-refractivity contribution in [3.05, 3.63) is 39.9 Å². The normalized spacial score (nSPS) is 12.4. The first-order valence-corrected chi connectivity index (χ1v) is 6.46.